The fraction of sp³-hybridized carbons (Fsp3) is 0.440. The Hall–Kier alpha value is -2.46. The van der Waals surface area contributed by atoms with Crippen molar-refractivity contribution in [2.75, 3.05) is 19.7 Å². The van der Waals surface area contributed by atoms with E-state index < -0.39 is 0 Å². The maximum atomic E-state index is 11.7. The van der Waals surface area contributed by atoms with Gasteiger partial charge in [0.2, 0.25) is 0 Å². The average molecular weight is 394 g/mol. The number of fused-ring (bicyclic) bond motifs is 1. The second-order valence-electron chi connectivity index (χ2n) is 7.84. The molecule has 2 aromatic carbocycles. The van der Waals surface area contributed by atoms with E-state index in [0.717, 1.165) is 50.8 Å². The second-order valence-corrected chi connectivity index (χ2v) is 7.84. The van der Waals surface area contributed by atoms with E-state index in [4.69, 9.17) is 4.74 Å². The van der Waals surface area contributed by atoms with Gasteiger partial charge >= 0.3 is 0 Å². The van der Waals surface area contributed by atoms with E-state index in [9.17, 15) is 9.59 Å². The van der Waals surface area contributed by atoms with E-state index in [1.807, 2.05) is 12.1 Å². The predicted molar refractivity (Wildman–Crippen MR) is 116 cm³/mol. The minimum Gasteiger partial charge on any atom is -0.493 e. The number of nitrogens with zero attached hydrogens (tertiary/aromatic N) is 1. The Morgan fingerprint density at radius 3 is 2.76 bits per heavy atom. The Bertz CT molecular complexity index is 846. The van der Waals surface area contributed by atoms with Crippen LogP contribution in [-0.4, -0.2) is 36.7 Å². The van der Waals surface area contributed by atoms with Gasteiger partial charge in [0.25, 0.3) is 0 Å². The van der Waals surface area contributed by atoms with Crippen LogP contribution in [0.1, 0.15) is 65.7 Å². The number of ether oxygens (including phenoxy) is 1. The SMILES string of the molecule is CC(=O)c1ccc2c(c1)OCCC2N(CCCCC=O)CCc1ccccc1C. The number of aryl methyl sites for hydroxylation is 1. The Labute approximate surface area is 173 Å². The third-order valence-corrected chi connectivity index (χ3v) is 5.82. The Morgan fingerprint density at radius 1 is 1.17 bits per heavy atom. The number of benzene rings is 2. The lowest BCUT2D eigenvalue weighted by molar-refractivity contribution is -0.107. The van der Waals surface area contributed by atoms with Crippen LogP contribution in [0.15, 0.2) is 42.5 Å². The lowest BCUT2D eigenvalue weighted by atomic mass is 9.95. The van der Waals surface area contributed by atoms with Gasteiger partial charge in [0.1, 0.15) is 12.0 Å². The van der Waals surface area contributed by atoms with Crippen LogP contribution < -0.4 is 4.74 Å². The van der Waals surface area contributed by atoms with Gasteiger partial charge in [-0.25, -0.2) is 0 Å². The van der Waals surface area contributed by atoms with E-state index in [1.54, 1.807) is 6.92 Å². The standard InChI is InChI=1S/C25H31NO3/c1-19-8-4-5-9-21(19)12-15-26(14-6-3-7-16-27)24-13-17-29-25-18-22(20(2)28)10-11-23(24)25/h4-5,8-11,16,18,24H,3,6-7,12-15,17H2,1-2H3. The maximum absolute atomic E-state index is 11.7. The number of carbonyl (C=O) groups is 2. The molecule has 0 aliphatic carbocycles. The molecule has 29 heavy (non-hydrogen) atoms. The van der Waals surface area contributed by atoms with Crippen LogP contribution in [0.25, 0.3) is 0 Å². The van der Waals surface area contributed by atoms with E-state index in [0.29, 0.717) is 18.6 Å². The summed E-state index contributed by atoms with van der Waals surface area (Å²) in [6.45, 7) is 6.33. The summed E-state index contributed by atoms with van der Waals surface area (Å²) in [5.41, 5.74) is 4.57. The van der Waals surface area contributed by atoms with Crippen molar-refractivity contribution in [3.63, 3.8) is 0 Å². The molecule has 0 radical (unpaired) electrons. The molecule has 1 unspecified atom stereocenters. The molecule has 4 nitrogen and oxygen atoms in total. The first-order valence-corrected chi connectivity index (χ1v) is 10.6. The average Bonchev–Trinajstić information content (AvgIpc) is 2.73. The number of hydrogen-bond acceptors (Lipinski definition) is 4. The zero-order valence-electron chi connectivity index (χ0n) is 17.5. The summed E-state index contributed by atoms with van der Waals surface area (Å²) in [6, 6.07) is 14.7. The molecule has 0 fully saturated rings. The van der Waals surface area contributed by atoms with Crippen molar-refractivity contribution in [1.82, 2.24) is 4.90 Å². The van der Waals surface area contributed by atoms with Gasteiger partial charge in [0, 0.05) is 36.6 Å². The lowest BCUT2D eigenvalue weighted by Gasteiger charge is -2.36. The van der Waals surface area contributed by atoms with Gasteiger partial charge in [0.05, 0.1) is 6.61 Å². The highest BCUT2D eigenvalue weighted by Gasteiger charge is 2.27. The molecule has 154 valence electrons. The first kappa shape index (κ1) is 21.3. The quantitative estimate of drug-likeness (QED) is 0.326. The lowest BCUT2D eigenvalue weighted by Crippen LogP contribution is -2.35. The van der Waals surface area contributed by atoms with Crippen molar-refractivity contribution in [3.05, 3.63) is 64.7 Å². The summed E-state index contributed by atoms with van der Waals surface area (Å²) in [5, 5.41) is 0. The van der Waals surface area contributed by atoms with Gasteiger partial charge in [-0.1, -0.05) is 36.4 Å². The first-order chi connectivity index (χ1) is 14.1. The van der Waals surface area contributed by atoms with Crippen molar-refractivity contribution in [3.8, 4) is 5.75 Å². The van der Waals surface area contributed by atoms with Crippen molar-refractivity contribution in [2.45, 2.75) is 52.0 Å². The molecule has 0 amide bonds. The minimum absolute atomic E-state index is 0.0591. The van der Waals surface area contributed by atoms with Gasteiger partial charge in [-0.2, -0.15) is 0 Å². The summed E-state index contributed by atoms with van der Waals surface area (Å²) in [5.74, 6) is 0.895. The number of Topliss-reactive ketones (excluding diaryl/α,β-unsaturated/α-hetero) is 1. The highest BCUT2D eigenvalue weighted by Crippen LogP contribution is 2.37. The van der Waals surface area contributed by atoms with Crippen molar-refractivity contribution in [1.29, 1.82) is 0 Å². The molecule has 1 aliphatic rings. The zero-order chi connectivity index (χ0) is 20.6. The molecule has 0 bridgehead atoms. The normalized spacial score (nSPS) is 15.6. The van der Waals surface area contributed by atoms with Gasteiger partial charge < -0.3 is 9.53 Å². The molecule has 0 saturated heterocycles. The smallest absolute Gasteiger partial charge is 0.159 e. The largest absolute Gasteiger partial charge is 0.493 e. The first-order valence-electron chi connectivity index (χ1n) is 10.6. The zero-order valence-corrected chi connectivity index (χ0v) is 17.5. The summed E-state index contributed by atoms with van der Waals surface area (Å²) < 4.78 is 5.89. The second kappa shape index (κ2) is 10.4. The molecule has 1 aliphatic heterocycles. The highest BCUT2D eigenvalue weighted by molar-refractivity contribution is 5.94. The number of unbranched alkanes of at least 4 members (excludes halogenated alkanes) is 2. The predicted octanol–water partition coefficient (Wildman–Crippen LogP) is 4.94. The summed E-state index contributed by atoms with van der Waals surface area (Å²) in [6.07, 6.45) is 5.49. The van der Waals surface area contributed by atoms with E-state index in [-0.39, 0.29) is 11.8 Å². The molecule has 4 heteroatoms. The number of rotatable bonds is 10. The molecular weight excluding hydrogens is 362 g/mol. The topological polar surface area (TPSA) is 46.6 Å². The van der Waals surface area contributed by atoms with Gasteiger partial charge in [0.15, 0.2) is 5.78 Å². The van der Waals surface area contributed by atoms with Crippen LogP contribution in [0.3, 0.4) is 0 Å². The van der Waals surface area contributed by atoms with Crippen LogP contribution in [-0.2, 0) is 11.2 Å². The molecule has 3 rings (SSSR count). The minimum atomic E-state index is 0.0591. The molecule has 0 saturated carbocycles. The Kier molecular flexibility index (Phi) is 7.59. The number of aldehydes is 1. The van der Waals surface area contributed by atoms with Gasteiger partial charge in [-0.3, -0.25) is 9.69 Å². The van der Waals surface area contributed by atoms with Gasteiger partial charge in [-0.05, 0) is 56.8 Å². The third-order valence-electron chi connectivity index (χ3n) is 5.82. The molecule has 1 atom stereocenters. The molecule has 0 N–H and O–H groups in total. The van der Waals surface area contributed by atoms with E-state index >= 15 is 0 Å². The Morgan fingerprint density at radius 2 is 2.00 bits per heavy atom. The van der Waals surface area contributed by atoms with Crippen LogP contribution in [0.2, 0.25) is 0 Å². The number of hydrogen-bond donors (Lipinski definition) is 0. The molecule has 0 spiro atoms. The monoisotopic (exact) mass is 393 g/mol. The van der Waals surface area contributed by atoms with Crippen LogP contribution in [0.4, 0.5) is 0 Å². The van der Waals surface area contributed by atoms with E-state index in [2.05, 4.69) is 42.2 Å². The van der Waals surface area contributed by atoms with E-state index in [1.165, 1.54) is 16.7 Å². The summed E-state index contributed by atoms with van der Waals surface area (Å²) in [7, 11) is 0. The van der Waals surface area contributed by atoms with Crippen molar-refractivity contribution < 1.29 is 14.3 Å². The number of carbonyl (C=O) groups excluding carboxylic acids is 2. The van der Waals surface area contributed by atoms with Crippen molar-refractivity contribution >= 4 is 12.1 Å². The molecular formula is C25H31NO3. The molecule has 2 aromatic rings. The molecule has 1 heterocycles. The fourth-order valence-corrected chi connectivity index (χ4v) is 4.09. The fourth-order valence-electron chi connectivity index (χ4n) is 4.09. The van der Waals surface area contributed by atoms with Gasteiger partial charge in [-0.15, -0.1) is 0 Å². The summed E-state index contributed by atoms with van der Waals surface area (Å²) >= 11 is 0. The van der Waals surface area contributed by atoms with Crippen molar-refractivity contribution in [2.24, 2.45) is 0 Å². The third kappa shape index (κ3) is 5.54. The molecule has 0 aromatic heterocycles. The maximum Gasteiger partial charge on any atom is 0.159 e. The summed E-state index contributed by atoms with van der Waals surface area (Å²) in [4.78, 5) is 25.0. The highest BCUT2D eigenvalue weighted by atomic mass is 16.5. The number of ketones is 1. The van der Waals surface area contributed by atoms with Crippen LogP contribution in [0, 0.1) is 6.92 Å². The van der Waals surface area contributed by atoms with Crippen LogP contribution in [0.5, 0.6) is 5.75 Å². The Balaban J connectivity index is 1.79. The van der Waals surface area contributed by atoms with Crippen LogP contribution >= 0.6 is 0 Å².